The number of aromatic nitrogens is 1. The fourth-order valence-electron chi connectivity index (χ4n) is 2.61. The van der Waals surface area contributed by atoms with Crippen LogP contribution in [0.4, 0.5) is 5.69 Å². The number of nitrogens with zero attached hydrogens (tertiary/aromatic N) is 1. The van der Waals surface area contributed by atoms with Crippen LogP contribution in [0.25, 0.3) is 0 Å². The van der Waals surface area contributed by atoms with Crippen molar-refractivity contribution in [2.75, 3.05) is 12.3 Å². The van der Waals surface area contributed by atoms with E-state index in [4.69, 9.17) is 15.2 Å². The summed E-state index contributed by atoms with van der Waals surface area (Å²) in [6, 6.07) is 3.67. The predicted molar refractivity (Wildman–Crippen MR) is 78.9 cm³/mol. The summed E-state index contributed by atoms with van der Waals surface area (Å²) in [4.78, 5) is 4.42. The van der Waals surface area contributed by atoms with Crippen LogP contribution in [0.1, 0.15) is 45.4 Å². The molecular weight excluding hydrogens is 252 g/mol. The van der Waals surface area contributed by atoms with E-state index in [-0.39, 0.29) is 0 Å². The van der Waals surface area contributed by atoms with Gasteiger partial charge in [-0.05, 0) is 56.4 Å². The van der Waals surface area contributed by atoms with Crippen LogP contribution < -0.4 is 15.2 Å². The summed E-state index contributed by atoms with van der Waals surface area (Å²) in [7, 11) is 0. The zero-order valence-electron chi connectivity index (χ0n) is 12.2. The number of pyridine rings is 1. The van der Waals surface area contributed by atoms with E-state index in [9.17, 15) is 0 Å². The minimum atomic E-state index is 0.290. The van der Waals surface area contributed by atoms with Crippen LogP contribution in [0.2, 0.25) is 0 Å². The minimum Gasteiger partial charge on any atom is -0.476 e. The second-order valence-electron chi connectivity index (χ2n) is 6.30. The summed E-state index contributed by atoms with van der Waals surface area (Å²) >= 11 is 0. The molecule has 2 fully saturated rings. The Labute approximate surface area is 120 Å². The van der Waals surface area contributed by atoms with Crippen molar-refractivity contribution < 1.29 is 9.47 Å². The summed E-state index contributed by atoms with van der Waals surface area (Å²) in [6.07, 6.45) is 7.53. The molecule has 1 aromatic heterocycles. The zero-order chi connectivity index (χ0) is 13.9. The highest BCUT2D eigenvalue weighted by Crippen LogP contribution is 2.32. The Morgan fingerprint density at radius 3 is 2.60 bits per heavy atom. The number of anilines is 1. The van der Waals surface area contributed by atoms with Gasteiger partial charge in [-0.15, -0.1) is 0 Å². The molecule has 0 unspecified atom stereocenters. The summed E-state index contributed by atoms with van der Waals surface area (Å²) in [5, 5.41) is 0. The van der Waals surface area contributed by atoms with Gasteiger partial charge in [-0.2, -0.15) is 4.98 Å². The van der Waals surface area contributed by atoms with Gasteiger partial charge in [-0.25, -0.2) is 0 Å². The number of hydrogen-bond donors (Lipinski definition) is 1. The Hall–Kier alpha value is -1.45. The fraction of sp³-hybridized carbons (Fsp3) is 0.688. The Bertz CT molecular complexity index is 452. The van der Waals surface area contributed by atoms with Gasteiger partial charge in [0.2, 0.25) is 11.8 Å². The van der Waals surface area contributed by atoms with Gasteiger partial charge in [0.15, 0.2) is 0 Å². The van der Waals surface area contributed by atoms with Crippen molar-refractivity contribution >= 4 is 5.69 Å². The molecule has 2 aliphatic rings. The van der Waals surface area contributed by atoms with Crippen LogP contribution in [-0.2, 0) is 0 Å². The molecule has 0 amide bonds. The van der Waals surface area contributed by atoms with Crippen molar-refractivity contribution in [1.82, 2.24) is 4.98 Å². The second kappa shape index (κ2) is 5.90. The molecular formula is C16H24N2O2. The molecule has 2 N–H and O–H groups in total. The van der Waals surface area contributed by atoms with Gasteiger partial charge in [0.1, 0.15) is 6.10 Å². The summed E-state index contributed by atoms with van der Waals surface area (Å²) in [5.41, 5.74) is 6.50. The maximum atomic E-state index is 5.98. The first-order valence-corrected chi connectivity index (χ1v) is 7.76. The SMILES string of the molecule is CC1CCC(Oc2ccc(N)c(OCC3CC3)n2)CC1. The third kappa shape index (κ3) is 3.56. The van der Waals surface area contributed by atoms with E-state index >= 15 is 0 Å². The molecule has 4 nitrogen and oxygen atoms in total. The average molecular weight is 276 g/mol. The van der Waals surface area contributed by atoms with Crippen LogP contribution in [0.3, 0.4) is 0 Å². The highest BCUT2D eigenvalue weighted by atomic mass is 16.5. The monoisotopic (exact) mass is 276 g/mol. The van der Waals surface area contributed by atoms with Gasteiger partial charge in [-0.1, -0.05) is 6.92 Å². The van der Waals surface area contributed by atoms with E-state index in [2.05, 4.69) is 11.9 Å². The first-order valence-electron chi connectivity index (χ1n) is 7.76. The molecule has 2 aliphatic carbocycles. The molecule has 1 heterocycles. The summed E-state index contributed by atoms with van der Waals surface area (Å²) in [6.45, 7) is 3.03. The van der Waals surface area contributed by atoms with Gasteiger partial charge in [0.25, 0.3) is 0 Å². The number of nitrogen functional groups attached to an aromatic ring is 1. The molecule has 2 saturated carbocycles. The lowest BCUT2D eigenvalue weighted by Gasteiger charge is -2.26. The average Bonchev–Trinajstić information content (AvgIpc) is 3.26. The highest BCUT2D eigenvalue weighted by molar-refractivity contribution is 5.49. The van der Waals surface area contributed by atoms with E-state index in [1.807, 2.05) is 12.1 Å². The number of nitrogens with two attached hydrogens (primary N) is 1. The van der Waals surface area contributed by atoms with E-state index in [1.165, 1.54) is 25.7 Å². The molecule has 110 valence electrons. The van der Waals surface area contributed by atoms with Crippen LogP contribution in [-0.4, -0.2) is 17.7 Å². The normalized spacial score (nSPS) is 26.2. The van der Waals surface area contributed by atoms with Crippen LogP contribution in [0.5, 0.6) is 11.8 Å². The molecule has 0 radical (unpaired) electrons. The quantitative estimate of drug-likeness (QED) is 0.895. The molecule has 0 aliphatic heterocycles. The highest BCUT2D eigenvalue weighted by Gasteiger charge is 2.23. The first kappa shape index (κ1) is 13.5. The van der Waals surface area contributed by atoms with Crippen molar-refractivity contribution in [2.45, 2.75) is 51.6 Å². The van der Waals surface area contributed by atoms with Crippen molar-refractivity contribution in [2.24, 2.45) is 11.8 Å². The maximum Gasteiger partial charge on any atom is 0.240 e. The van der Waals surface area contributed by atoms with Gasteiger partial charge >= 0.3 is 0 Å². The number of rotatable bonds is 5. The van der Waals surface area contributed by atoms with Crippen LogP contribution >= 0.6 is 0 Å². The van der Waals surface area contributed by atoms with Crippen molar-refractivity contribution in [3.8, 4) is 11.8 Å². The van der Waals surface area contributed by atoms with Gasteiger partial charge in [-0.3, -0.25) is 0 Å². The van der Waals surface area contributed by atoms with Crippen LogP contribution in [0.15, 0.2) is 12.1 Å². The van der Waals surface area contributed by atoms with Crippen molar-refractivity contribution in [1.29, 1.82) is 0 Å². The number of ether oxygens (including phenoxy) is 2. The lowest BCUT2D eigenvalue weighted by atomic mass is 9.89. The predicted octanol–water partition coefficient (Wildman–Crippen LogP) is 3.41. The lowest BCUT2D eigenvalue weighted by molar-refractivity contribution is 0.128. The molecule has 3 rings (SSSR count). The molecule has 0 atom stereocenters. The van der Waals surface area contributed by atoms with E-state index in [0.29, 0.717) is 29.5 Å². The zero-order valence-corrected chi connectivity index (χ0v) is 12.2. The van der Waals surface area contributed by atoms with E-state index in [1.54, 1.807) is 0 Å². The van der Waals surface area contributed by atoms with Gasteiger partial charge in [0.05, 0.1) is 12.3 Å². The summed E-state index contributed by atoms with van der Waals surface area (Å²) < 4.78 is 11.7. The minimum absolute atomic E-state index is 0.290. The Morgan fingerprint density at radius 2 is 1.90 bits per heavy atom. The molecule has 1 aromatic rings. The molecule has 4 heteroatoms. The van der Waals surface area contributed by atoms with E-state index < -0.39 is 0 Å². The van der Waals surface area contributed by atoms with Crippen molar-refractivity contribution in [3.63, 3.8) is 0 Å². The third-order valence-electron chi connectivity index (χ3n) is 4.27. The van der Waals surface area contributed by atoms with Gasteiger partial charge in [0, 0.05) is 6.07 Å². The number of hydrogen-bond acceptors (Lipinski definition) is 4. The standard InChI is InChI=1S/C16H24N2O2/c1-11-2-6-13(7-3-11)20-15-9-8-14(17)16(18-15)19-10-12-4-5-12/h8-9,11-13H,2-7,10,17H2,1H3. The van der Waals surface area contributed by atoms with Crippen molar-refractivity contribution in [3.05, 3.63) is 12.1 Å². The Kier molecular flexibility index (Phi) is 3.99. The smallest absolute Gasteiger partial charge is 0.240 e. The second-order valence-corrected chi connectivity index (χ2v) is 6.30. The fourth-order valence-corrected chi connectivity index (χ4v) is 2.61. The Morgan fingerprint density at radius 1 is 1.15 bits per heavy atom. The van der Waals surface area contributed by atoms with E-state index in [0.717, 1.165) is 25.4 Å². The lowest BCUT2D eigenvalue weighted by Crippen LogP contribution is -2.23. The summed E-state index contributed by atoms with van der Waals surface area (Å²) in [5.74, 6) is 2.69. The molecule has 0 spiro atoms. The maximum absolute atomic E-state index is 5.98. The molecule has 0 bridgehead atoms. The van der Waals surface area contributed by atoms with Gasteiger partial charge < -0.3 is 15.2 Å². The topological polar surface area (TPSA) is 57.4 Å². The third-order valence-corrected chi connectivity index (χ3v) is 4.27. The molecule has 0 saturated heterocycles. The molecule has 0 aromatic carbocycles. The first-order chi connectivity index (χ1) is 9.70. The largest absolute Gasteiger partial charge is 0.476 e. The molecule has 20 heavy (non-hydrogen) atoms. The van der Waals surface area contributed by atoms with Crippen LogP contribution in [0, 0.1) is 11.8 Å². The Balaban J connectivity index is 1.59.